The van der Waals surface area contributed by atoms with Crippen LogP contribution < -0.4 is 4.74 Å². The molecular formula is C25H33Cl2NO6. The first-order chi connectivity index (χ1) is 16.3. The number of carbonyl (C=O) groups excluding carboxylic acids is 2. The summed E-state index contributed by atoms with van der Waals surface area (Å²) in [6, 6.07) is 5.12. The second kappa shape index (κ2) is 12.2. The minimum atomic E-state index is -1.55. The Balaban J connectivity index is 1.78. The van der Waals surface area contributed by atoms with Gasteiger partial charge in [0.25, 0.3) is 0 Å². The van der Waals surface area contributed by atoms with E-state index in [1.807, 2.05) is 24.8 Å². The van der Waals surface area contributed by atoms with Crippen molar-refractivity contribution in [2.75, 3.05) is 26.3 Å². The van der Waals surface area contributed by atoms with Gasteiger partial charge in [0, 0.05) is 19.2 Å². The smallest absolute Gasteiger partial charge is 0.422 e. The van der Waals surface area contributed by atoms with E-state index in [0.717, 1.165) is 31.3 Å². The number of likely N-dealkylation sites (tertiary alicyclic amines) is 1. The van der Waals surface area contributed by atoms with E-state index in [-0.39, 0.29) is 5.92 Å². The molecule has 1 aromatic carbocycles. The molecule has 0 N–H and O–H groups in total. The van der Waals surface area contributed by atoms with Crippen LogP contribution in [0, 0.1) is 5.92 Å². The number of hydrogen-bond donors (Lipinski definition) is 0. The summed E-state index contributed by atoms with van der Waals surface area (Å²) in [5, 5.41) is 0.884. The predicted molar refractivity (Wildman–Crippen MR) is 130 cm³/mol. The van der Waals surface area contributed by atoms with Crippen molar-refractivity contribution >= 4 is 35.1 Å². The maximum absolute atomic E-state index is 12.2. The Bertz CT molecular complexity index is 885. The number of ether oxygens (including phenoxy) is 4. The number of allylic oxidation sites excluding steroid dienone is 1. The fourth-order valence-electron chi connectivity index (χ4n) is 4.29. The molecule has 2 unspecified atom stereocenters. The van der Waals surface area contributed by atoms with E-state index >= 15 is 0 Å². The second-order valence-corrected chi connectivity index (χ2v) is 9.72. The third-order valence-electron chi connectivity index (χ3n) is 6.09. The highest BCUT2D eigenvalue weighted by atomic mass is 35.5. The summed E-state index contributed by atoms with van der Waals surface area (Å²) < 4.78 is 23.4. The molecule has 0 aliphatic carbocycles. The van der Waals surface area contributed by atoms with Crippen LogP contribution in [0.5, 0.6) is 5.75 Å². The lowest BCUT2D eigenvalue weighted by atomic mass is 9.87. The van der Waals surface area contributed by atoms with Crippen LogP contribution >= 0.6 is 23.2 Å². The first-order valence-corrected chi connectivity index (χ1v) is 12.6. The highest BCUT2D eigenvalue weighted by Crippen LogP contribution is 2.41. The van der Waals surface area contributed by atoms with Crippen molar-refractivity contribution in [2.24, 2.45) is 5.92 Å². The van der Waals surface area contributed by atoms with Gasteiger partial charge in [-0.2, -0.15) is 0 Å². The van der Waals surface area contributed by atoms with Gasteiger partial charge in [0.05, 0.1) is 23.3 Å². The van der Waals surface area contributed by atoms with Crippen molar-refractivity contribution in [2.45, 2.75) is 64.9 Å². The summed E-state index contributed by atoms with van der Waals surface area (Å²) >= 11 is 12.1. The van der Waals surface area contributed by atoms with E-state index < -0.39 is 24.0 Å². The van der Waals surface area contributed by atoms with Gasteiger partial charge in [-0.3, -0.25) is 0 Å². The molecule has 2 heterocycles. The van der Waals surface area contributed by atoms with Crippen molar-refractivity contribution in [1.29, 1.82) is 0 Å². The van der Waals surface area contributed by atoms with Gasteiger partial charge in [0.15, 0.2) is 6.10 Å². The third-order valence-corrected chi connectivity index (χ3v) is 6.83. The molecule has 0 saturated carbocycles. The molecule has 0 amide bonds. The van der Waals surface area contributed by atoms with E-state index in [2.05, 4.69) is 6.92 Å². The normalized spacial score (nSPS) is 21.9. The molecule has 2 fully saturated rings. The van der Waals surface area contributed by atoms with Crippen LogP contribution in [0.15, 0.2) is 29.8 Å². The zero-order valence-corrected chi connectivity index (χ0v) is 21.5. The molecule has 2 aliphatic rings. The number of carbonyl (C=O) groups is 2. The number of benzene rings is 1. The molecule has 9 heteroatoms. The van der Waals surface area contributed by atoms with E-state index in [0.29, 0.717) is 48.5 Å². The van der Waals surface area contributed by atoms with Gasteiger partial charge >= 0.3 is 17.8 Å². The largest absolute Gasteiger partial charge is 0.494 e. The number of hydrogen-bond acceptors (Lipinski definition) is 7. The molecule has 3 rings (SSSR count). The topological polar surface area (TPSA) is 74.3 Å². The minimum Gasteiger partial charge on any atom is -0.494 e. The van der Waals surface area contributed by atoms with E-state index in [1.165, 1.54) is 0 Å². The average molecular weight is 514 g/mol. The second-order valence-electron chi connectivity index (χ2n) is 8.90. The number of unbranched alkanes of at least 4 members (excludes halogenated alkanes) is 2. The van der Waals surface area contributed by atoms with Gasteiger partial charge in [-0.15, -0.1) is 0 Å². The van der Waals surface area contributed by atoms with Gasteiger partial charge in [0.1, 0.15) is 5.75 Å². The predicted octanol–water partition coefficient (Wildman–Crippen LogP) is 5.38. The Kier molecular flexibility index (Phi) is 9.65. The molecule has 0 bridgehead atoms. The van der Waals surface area contributed by atoms with Crippen molar-refractivity contribution in [3.05, 3.63) is 39.9 Å². The van der Waals surface area contributed by atoms with Gasteiger partial charge in [-0.05, 0) is 51.2 Å². The van der Waals surface area contributed by atoms with Gasteiger partial charge in [-0.25, -0.2) is 14.5 Å². The summed E-state index contributed by atoms with van der Waals surface area (Å²) in [6.07, 6.45) is 5.68. The Labute approximate surface area is 211 Å². The molecule has 188 valence electrons. The van der Waals surface area contributed by atoms with E-state index in [4.69, 9.17) is 42.1 Å². The van der Waals surface area contributed by atoms with E-state index in [9.17, 15) is 9.59 Å². The van der Waals surface area contributed by atoms with Crippen molar-refractivity contribution in [1.82, 2.24) is 4.90 Å². The highest BCUT2D eigenvalue weighted by molar-refractivity contribution is 6.42. The summed E-state index contributed by atoms with van der Waals surface area (Å²) in [5.74, 6) is -2.96. The lowest BCUT2D eigenvalue weighted by molar-refractivity contribution is -0.325. The molecular weight excluding hydrogens is 481 g/mol. The third kappa shape index (κ3) is 6.45. The molecule has 34 heavy (non-hydrogen) atoms. The SMILES string of the molecule is CCCCCN1CCC(CCOc2ccc(Cl)c(Cl)c2)C(OCC=C(C)C)C12OC(=O)C(=O)O2. The summed E-state index contributed by atoms with van der Waals surface area (Å²) in [6.45, 7) is 8.05. The number of halogens is 2. The summed E-state index contributed by atoms with van der Waals surface area (Å²) in [5.41, 5.74) is 1.10. The summed E-state index contributed by atoms with van der Waals surface area (Å²) in [4.78, 5) is 26.3. The summed E-state index contributed by atoms with van der Waals surface area (Å²) in [7, 11) is 0. The molecule has 2 saturated heterocycles. The average Bonchev–Trinajstić information content (AvgIpc) is 3.08. The number of esters is 2. The first-order valence-electron chi connectivity index (χ1n) is 11.8. The van der Waals surface area contributed by atoms with Crippen LogP contribution in [0.3, 0.4) is 0 Å². The fraction of sp³-hybridized carbons (Fsp3) is 0.600. The number of piperidine rings is 1. The van der Waals surface area contributed by atoms with Crippen LogP contribution in [0.4, 0.5) is 0 Å². The van der Waals surface area contributed by atoms with Crippen LogP contribution in [0.25, 0.3) is 0 Å². The van der Waals surface area contributed by atoms with Crippen LogP contribution in [-0.4, -0.2) is 55.2 Å². The van der Waals surface area contributed by atoms with Crippen LogP contribution in [-0.2, 0) is 23.8 Å². The van der Waals surface area contributed by atoms with Gasteiger partial charge in [-0.1, -0.05) is 54.6 Å². The molecule has 1 spiro atoms. The van der Waals surface area contributed by atoms with Crippen molar-refractivity contribution < 1.29 is 28.5 Å². The van der Waals surface area contributed by atoms with Crippen LogP contribution in [0.2, 0.25) is 10.0 Å². The Hall–Kier alpha value is -1.80. The maximum atomic E-state index is 12.2. The standard InChI is InChI=1S/C25H33Cl2NO6/c1-4-5-6-12-28-13-9-18(11-15-31-19-7-8-20(26)21(27)16-19)22(32-14-10-17(2)3)25(28)33-23(29)24(30)34-25/h7-8,10,16,18,22H,4-6,9,11-15H2,1-3H3. The quantitative estimate of drug-likeness (QED) is 0.170. The minimum absolute atomic E-state index is 0.0607. The molecule has 0 aromatic heterocycles. The zero-order valence-electron chi connectivity index (χ0n) is 20.0. The molecule has 7 nitrogen and oxygen atoms in total. The van der Waals surface area contributed by atoms with E-state index in [1.54, 1.807) is 18.2 Å². The Morgan fingerprint density at radius 2 is 1.91 bits per heavy atom. The van der Waals surface area contributed by atoms with Crippen LogP contribution in [0.1, 0.15) is 52.9 Å². The van der Waals surface area contributed by atoms with Gasteiger partial charge < -0.3 is 18.9 Å². The fourth-order valence-corrected chi connectivity index (χ4v) is 4.58. The molecule has 2 aliphatic heterocycles. The highest BCUT2D eigenvalue weighted by Gasteiger charge is 2.62. The number of rotatable bonds is 11. The lowest BCUT2D eigenvalue weighted by Gasteiger charge is -2.48. The molecule has 1 aromatic rings. The molecule has 0 radical (unpaired) electrons. The van der Waals surface area contributed by atoms with Gasteiger partial charge in [0.2, 0.25) is 0 Å². The monoisotopic (exact) mass is 513 g/mol. The Morgan fingerprint density at radius 1 is 1.18 bits per heavy atom. The molecule has 2 atom stereocenters. The van der Waals surface area contributed by atoms with Crippen molar-refractivity contribution in [3.8, 4) is 5.75 Å². The first kappa shape index (κ1) is 26.8. The Morgan fingerprint density at radius 3 is 2.56 bits per heavy atom. The maximum Gasteiger partial charge on any atom is 0.422 e. The lowest BCUT2D eigenvalue weighted by Crippen LogP contribution is -2.65. The number of nitrogens with zero attached hydrogens (tertiary/aromatic N) is 1. The zero-order chi connectivity index (χ0) is 24.7. The van der Waals surface area contributed by atoms with Crippen molar-refractivity contribution in [3.63, 3.8) is 0 Å².